The van der Waals surface area contributed by atoms with Crippen molar-refractivity contribution in [1.82, 2.24) is 0 Å². The van der Waals surface area contributed by atoms with Crippen molar-refractivity contribution in [1.29, 1.82) is 0 Å². The van der Waals surface area contributed by atoms with Crippen molar-refractivity contribution in [2.75, 3.05) is 5.75 Å². The lowest BCUT2D eigenvalue weighted by atomic mass is 10.1. The van der Waals surface area contributed by atoms with E-state index in [-0.39, 0.29) is 6.10 Å². The smallest absolute Gasteiger partial charge is 0.0630 e. The Labute approximate surface area is 157 Å². The zero-order chi connectivity index (χ0) is 17.9. The zero-order valence-electron chi connectivity index (χ0n) is 17.0. The van der Waals surface area contributed by atoms with Crippen LogP contribution in [0.1, 0.15) is 124 Å². The van der Waals surface area contributed by atoms with Gasteiger partial charge in [-0.3, -0.25) is 0 Å². The van der Waals surface area contributed by atoms with E-state index in [1.165, 1.54) is 108 Å². The van der Waals surface area contributed by atoms with Crippen LogP contribution in [0.5, 0.6) is 0 Å². The fourth-order valence-electron chi connectivity index (χ4n) is 3.24. The summed E-state index contributed by atoms with van der Waals surface area (Å²) in [6.07, 6.45) is 21.8. The van der Waals surface area contributed by atoms with Gasteiger partial charge in [-0.2, -0.15) is 11.8 Å². The van der Waals surface area contributed by atoms with Crippen LogP contribution in [-0.4, -0.2) is 22.2 Å². The van der Waals surface area contributed by atoms with Gasteiger partial charge in [0.05, 0.1) is 6.10 Å². The first kappa shape index (κ1) is 24.3. The maximum absolute atomic E-state index is 9.99. The number of unbranched alkanes of at least 4 members (excludes halogenated alkanes) is 13. The first-order chi connectivity index (χ1) is 11.7. The molecule has 146 valence electrons. The Balaban J connectivity index is 3.46. The van der Waals surface area contributed by atoms with Gasteiger partial charge >= 0.3 is 0 Å². The van der Waals surface area contributed by atoms with E-state index in [9.17, 15) is 5.11 Å². The van der Waals surface area contributed by atoms with Crippen molar-refractivity contribution < 1.29 is 5.11 Å². The standard InChI is InChI=1S/C22H46OS/c1-4-6-8-10-12-14-16-18-20-24-22(21(3)23)19-17-15-13-11-9-7-5-2/h21-23H,4-20H2,1-3H3. The maximum atomic E-state index is 9.99. The normalized spacial score (nSPS) is 14.0. The predicted molar refractivity (Wildman–Crippen MR) is 113 cm³/mol. The van der Waals surface area contributed by atoms with Crippen LogP contribution in [-0.2, 0) is 0 Å². The van der Waals surface area contributed by atoms with Gasteiger partial charge in [-0.25, -0.2) is 0 Å². The summed E-state index contributed by atoms with van der Waals surface area (Å²) in [4.78, 5) is 0. The summed E-state index contributed by atoms with van der Waals surface area (Å²) in [5, 5.41) is 10.5. The van der Waals surface area contributed by atoms with Crippen LogP contribution >= 0.6 is 11.8 Å². The largest absolute Gasteiger partial charge is 0.392 e. The highest BCUT2D eigenvalue weighted by molar-refractivity contribution is 7.99. The molecule has 24 heavy (non-hydrogen) atoms. The molecule has 1 nitrogen and oxygen atoms in total. The van der Waals surface area contributed by atoms with Gasteiger partial charge in [-0.05, 0) is 25.5 Å². The van der Waals surface area contributed by atoms with Crippen molar-refractivity contribution in [2.45, 2.75) is 135 Å². The number of aliphatic hydroxyl groups is 1. The minimum Gasteiger partial charge on any atom is -0.392 e. The number of hydrogen-bond donors (Lipinski definition) is 1. The highest BCUT2D eigenvalue weighted by Gasteiger charge is 2.14. The van der Waals surface area contributed by atoms with Crippen molar-refractivity contribution in [3.05, 3.63) is 0 Å². The third-order valence-corrected chi connectivity index (χ3v) is 6.54. The number of aliphatic hydroxyl groups excluding tert-OH is 1. The second kappa shape index (κ2) is 19.6. The molecule has 0 saturated carbocycles. The average Bonchev–Trinajstić information content (AvgIpc) is 2.57. The Hall–Kier alpha value is 0.310. The lowest BCUT2D eigenvalue weighted by Crippen LogP contribution is -2.19. The Morgan fingerprint density at radius 1 is 0.625 bits per heavy atom. The van der Waals surface area contributed by atoms with E-state index in [2.05, 4.69) is 13.8 Å². The summed E-state index contributed by atoms with van der Waals surface area (Å²) in [6.45, 7) is 6.53. The van der Waals surface area contributed by atoms with Crippen molar-refractivity contribution in [3.8, 4) is 0 Å². The molecular weight excluding hydrogens is 312 g/mol. The number of thioether (sulfide) groups is 1. The van der Waals surface area contributed by atoms with Gasteiger partial charge in [0.15, 0.2) is 0 Å². The van der Waals surface area contributed by atoms with Gasteiger partial charge in [0, 0.05) is 5.25 Å². The molecule has 2 atom stereocenters. The highest BCUT2D eigenvalue weighted by Crippen LogP contribution is 2.23. The lowest BCUT2D eigenvalue weighted by Gasteiger charge is -2.19. The van der Waals surface area contributed by atoms with Crippen molar-refractivity contribution >= 4 is 11.8 Å². The Bertz CT molecular complexity index is 230. The Morgan fingerprint density at radius 3 is 1.50 bits per heavy atom. The average molecular weight is 359 g/mol. The van der Waals surface area contributed by atoms with Crippen LogP contribution < -0.4 is 0 Å². The number of rotatable bonds is 19. The summed E-state index contributed by atoms with van der Waals surface area (Å²) in [7, 11) is 0. The summed E-state index contributed by atoms with van der Waals surface area (Å²) < 4.78 is 0. The van der Waals surface area contributed by atoms with E-state index in [4.69, 9.17) is 0 Å². The minimum absolute atomic E-state index is 0.149. The molecule has 0 radical (unpaired) electrons. The molecule has 2 heteroatoms. The van der Waals surface area contributed by atoms with Gasteiger partial charge in [-0.15, -0.1) is 0 Å². The number of hydrogen-bond acceptors (Lipinski definition) is 2. The second-order valence-corrected chi connectivity index (χ2v) is 8.88. The summed E-state index contributed by atoms with van der Waals surface area (Å²) in [6, 6.07) is 0. The van der Waals surface area contributed by atoms with E-state index in [0.717, 1.165) is 0 Å². The van der Waals surface area contributed by atoms with E-state index in [0.29, 0.717) is 5.25 Å². The molecule has 2 unspecified atom stereocenters. The minimum atomic E-state index is -0.149. The molecule has 0 aromatic heterocycles. The molecule has 0 amide bonds. The van der Waals surface area contributed by atoms with Crippen molar-refractivity contribution in [2.24, 2.45) is 0 Å². The van der Waals surface area contributed by atoms with Crippen LogP contribution in [0.15, 0.2) is 0 Å². The fraction of sp³-hybridized carbons (Fsp3) is 1.00. The molecule has 0 aromatic rings. The van der Waals surface area contributed by atoms with E-state index in [1.54, 1.807) is 0 Å². The van der Waals surface area contributed by atoms with Crippen LogP contribution in [0.4, 0.5) is 0 Å². The van der Waals surface area contributed by atoms with E-state index in [1.807, 2.05) is 18.7 Å². The van der Waals surface area contributed by atoms with Gasteiger partial charge < -0.3 is 5.11 Å². The molecule has 0 aliphatic heterocycles. The molecule has 0 aromatic carbocycles. The van der Waals surface area contributed by atoms with Gasteiger partial charge in [0.1, 0.15) is 0 Å². The molecule has 0 saturated heterocycles. The molecule has 0 fully saturated rings. The summed E-state index contributed by atoms with van der Waals surface area (Å²) in [5.74, 6) is 1.24. The molecule has 1 N–H and O–H groups in total. The van der Waals surface area contributed by atoms with E-state index >= 15 is 0 Å². The molecule has 0 aliphatic rings. The van der Waals surface area contributed by atoms with Crippen LogP contribution in [0.2, 0.25) is 0 Å². The molecule has 0 spiro atoms. The zero-order valence-corrected chi connectivity index (χ0v) is 17.8. The first-order valence-corrected chi connectivity index (χ1v) is 12.1. The fourth-order valence-corrected chi connectivity index (χ4v) is 4.52. The van der Waals surface area contributed by atoms with Crippen LogP contribution in [0.25, 0.3) is 0 Å². The van der Waals surface area contributed by atoms with Gasteiger partial charge in [0.2, 0.25) is 0 Å². The third-order valence-electron chi connectivity index (χ3n) is 4.96. The first-order valence-electron chi connectivity index (χ1n) is 11.0. The second-order valence-electron chi connectivity index (χ2n) is 7.53. The Morgan fingerprint density at radius 2 is 1.04 bits per heavy atom. The SMILES string of the molecule is CCCCCCCCCCSC(CCCCCCCCC)C(C)O. The third kappa shape index (κ3) is 17.1. The van der Waals surface area contributed by atoms with Gasteiger partial charge in [-0.1, -0.05) is 104 Å². The van der Waals surface area contributed by atoms with Crippen LogP contribution in [0.3, 0.4) is 0 Å². The van der Waals surface area contributed by atoms with Crippen molar-refractivity contribution in [3.63, 3.8) is 0 Å². The molecule has 0 bridgehead atoms. The molecule has 0 heterocycles. The maximum Gasteiger partial charge on any atom is 0.0630 e. The van der Waals surface area contributed by atoms with Gasteiger partial charge in [0.25, 0.3) is 0 Å². The predicted octanol–water partition coefficient (Wildman–Crippen LogP) is 7.75. The summed E-state index contributed by atoms with van der Waals surface area (Å²) >= 11 is 2.02. The molecular formula is C22H46OS. The monoisotopic (exact) mass is 358 g/mol. The molecule has 0 aliphatic carbocycles. The highest BCUT2D eigenvalue weighted by atomic mass is 32.2. The van der Waals surface area contributed by atoms with E-state index < -0.39 is 0 Å². The topological polar surface area (TPSA) is 20.2 Å². The summed E-state index contributed by atoms with van der Waals surface area (Å²) in [5.41, 5.74) is 0. The quantitative estimate of drug-likeness (QED) is 0.238. The Kier molecular flexibility index (Phi) is 19.9. The lowest BCUT2D eigenvalue weighted by molar-refractivity contribution is 0.186. The molecule has 0 rings (SSSR count). The van der Waals surface area contributed by atoms with Crippen LogP contribution in [0, 0.1) is 0 Å².